The Balaban J connectivity index is 1.45. The Bertz CT molecular complexity index is 951. The van der Waals surface area contributed by atoms with E-state index in [9.17, 15) is 9.59 Å². The first-order valence-corrected chi connectivity index (χ1v) is 10.2. The zero-order valence-corrected chi connectivity index (χ0v) is 17.0. The number of nitrogens with zero attached hydrogens (tertiary/aromatic N) is 3. The predicted molar refractivity (Wildman–Crippen MR) is 103 cm³/mol. The van der Waals surface area contributed by atoms with Gasteiger partial charge in [0.2, 0.25) is 11.8 Å². The van der Waals surface area contributed by atoms with Gasteiger partial charge in [0.15, 0.2) is 5.82 Å². The normalized spacial score (nSPS) is 29.1. The Labute approximate surface area is 173 Å². The van der Waals surface area contributed by atoms with Crippen molar-refractivity contribution in [2.24, 2.45) is 11.8 Å². The number of amides is 2. The lowest BCUT2D eigenvalue weighted by Crippen LogP contribution is -2.34. The van der Waals surface area contributed by atoms with Gasteiger partial charge >= 0.3 is 0 Å². The van der Waals surface area contributed by atoms with Gasteiger partial charge in [-0.1, -0.05) is 29.3 Å². The Morgan fingerprint density at radius 1 is 1.15 bits per heavy atom. The van der Waals surface area contributed by atoms with Gasteiger partial charge in [0.1, 0.15) is 0 Å². The van der Waals surface area contributed by atoms with Crippen LogP contribution < -0.4 is 4.90 Å². The molecule has 0 spiro atoms. The summed E-state index contributed by atoms with van der Waals surface area (Å²) >= 11 is 15.6. The van der Waals surface area contributed by atoms with Crippen LogP contribution in [0.5, 0.6) is 0 Å². The van der Waals surface area contributed by atoms with E-state index in [2.05, 4.69) is 21.0 Å². The minimum absolute atomic E-state index is 0.143. The number of halogens is 3. The predicted octanol–water partition coefficient (Wildman–Crippen LogP) is 3.67. The monoisotopic (exact) mass is 469 g/mol. The first-order chi connectivity index (χ1) is 12.9. The van der Waals surface area contributed by atoms with Gasteiger partial charge in [-0.15, -0.1) is 0 Å². The molecule has 5 rings (SSSR count). The molecular weight excluding hydrogens is 457 g/mol. The van der Waals surface area contributed by atoms with Crippen molar-refractivity contribution in [3.05, 3.63) is 44.5 Å². The smallest absolute Gasteiger partial charge is 0.241 e. The molecule has 2 aromatic rings. The van der Waals surface area contributed by atoms with Gasteiger partial charge < -0.3 is 4.74 Å². The second kappa shape index (κ2) is 6.30. The van der Waals surface area contributed by atoms with Gasteiger partial charge in [-0.2, -0.15) is 5.10 Å². The summed E-state index contributed by atoms with van der Waals surface area (Å²) in [5.41, 5.74) is 0.838. The van der Waals surface area contributed by atoms with Crippen molar-refractivity contribution in [2.75, 3.05) is 4.90 Å². The molecule has 3 saturated heterocycles. The summed E-state index contributed by atoms with van der Waals surface area (Å²) in [4.78, 5) is 27.1. The quantitative estimate of drug-likeness (QED) is 0.642. The summed E-state index contributed by atoms with van der Waals surface area (Å²) in [6, 6.07) is 5.25. The van der Waals surface area contributed by atoms with Crippen LogP contribution in [0.4, 0.5) is 5.82 Å². The average molecular weight is 471 g/mol. The Kier molecular flexibility index (Phi) is 4.13. The maximum Gasteiger partial charge on any atom is 0.241 e. The van der Waals surface area contributed by atoms with Crippen LogP contribution in [-0.2, 0) is 20.9 Å². The van der Waals surface area contributed by atoms with Crippen LogP contribution >= 0.6 is 39.1 Å². The van der Waals surface area contributed by atoms with E-state index in [1.54, 1.807) is 23.0 Å². The number of carbonyl (C=O) groups excluding carboxylic acids is 2. The van der Waals surface area contributed by atoms with E-state index < -0.39 is 0 Å². The minimum Gasteiger partial charge on any atom is -0.373 e. The highest BCUT2D eigenvalue weighted by molar-refractivity contribution is 9.10. The maximum atomic E-state index is 12.9. The Morgan fingerprint density at radius 3 is 2.44 bits per heavy atom. The summed E-state index contributed by atoms with van der Waals surface area (Å²) < 4.78 is 8.00. The van der Waals surface area contributed by atoms with Gasteiger partial charge in [-0.05, 0) is 46.5 Å². The van der Waals surface area contributed by atoms with Crippen molar-refractivity contribution >= 4 is 56.8 Å². The van der Waals surface area contributed by atoms with E-state index in [1.165, 1.54) is 4.90 Å². The molecule has 2 amide bonds. The van der Waals surface area contributed by atoms with Crippen molar-refractivity contribution in [2.45, 2.75) is 31.6 Å². The van der Waals surface area contributed by atoms with E-state index in [0.717, 1.165) is 18.4 Å². The van der Waals surface area contributed by atoms with E-state index in [-0.39, 0.29) is 35.9 Å². The molecule has 4 heterocycles. The fourth-order valence-electron chi connectivity index (χ4n) is 4.36. The third-order valence-corrected chi connectivity index (χ3v) is 6.69. The lowest BCUT2D eigenvalue weighted by atomic mass is 9.81. The van der Waals surface area contributed by atoms with Crippen LogP contribution in [0.1, 0.15) is 18.4 Å². The van der Waals surface area contributed by atoms with Crippen molar-refractivity contribution < 1.29 is 14.3 Å². The highest BCUT2D eigenvalue weighted by Crippen LogP contribution is 2.49. The molecule has 2 bridgehead atoms. The number of ether oxygens (including phenoxy) is 1. The number of hydrogen-bond acceptors (Lipinski definition) is 4. The van der Waals surface area contributed by atoms with Crippen LogP contribution in [-0.4, -0.2) is 33.8 Å². The molecule has 6 nitrogen and oxygen atoms in total. The second-order valence-electron chi connectivity index (χ2n) is 7.09. The number of carbonyl (C=O) groups is 2. The van der Waals surface area contributed by atoms with Crippen molar-refractivity contribution in [1.29, 1.82) is 0 Å². The summed E-state index contributed by atoms with van der Waals surface area (Å²) in [5, 5.41) is 5.56. The molecule has 3 aliphatic rings. The van der Waals surface area contributed by atoms with Crippen LogP contribution in [0.25, 0.3) is 0 Å². The van der Waals surface area contributed by atoms with Crippen LogP contribution in [0.15, 0.2) is 28.9 Å². The lowest BCUT2D eigenvalue weighted by molar-refractivity contribution is -0.124. The number of imide groups is 1. The molecule has 4 unspecified atom stereocenters. The average Bonchev–Trinajstić information content (AvgIpc) is 3.36. The zero-order valence-electron chi connectivity index (χ0n) is 13.9. The first kappa shape index (κ1) is 17.7. The van der Waals surface area contributed by atoms with Gasteiger partial charge in [0, 0.05) is 16.2 Å². The summed E-state index contributed by atoms with van der Waals surface area (Å²) in [6.07, 6.45) is 3.12. The van der Waals surface area contributed by atoms with E-state index >= 15 is 0 Å². The number of benzene rings is 1. The second-order valence-corrected chi connectivity index (χ2v) is 8.79. The standard InChI is InChI=1S/C18H14BrCl2N3O3/c19-10-7-23(6-8-1-2-9(20)5-11(8)21)22-16(10)24-17(25)14-12-3-4-13(27-12)15(14)18(24)26/h1-2,5,7,12-15H,3-4,6H2. The number of aromatic nitrogens is 2. The third kappa shape index (κ3) is 2.67. The number of anilines is 1. The third-order valence-electron chi connectivity index (χ3n) is 5.54. The molecule has 27 heavy (non-hydrogen) atoms. The molecule has 1 aromatic heterocycles. The topological polar surface area (TPSA) is 64.4 Å². The Hall–Kier alpha value is -1.41. The molecule has 0 N–H and O–H groups in total. The van der Waals surface area contributed by atoms with Gasteiger partial charge in [-0.25, -0.2) is 4.90 Å². The van der Waals surface area contributed by atoms with Crippen LogP contribution in [0, 0.1) is 11.8 Å². The molecule has 0 aliphatic carbocycles. The SMILES string of the molecule is O=C1C2C3CCC(O3)C2C(=O)N1c1nn(Cc2ccc(Cl)cc2Cl)cc1Br. The molecular formula is C18H14BrCl2N3O3. The minimum atomic E-state index is -0.376. The van der Waals surface area contributed by atoms with Crippen molar-refractivity contribution in [3.8, 4) is 0 Å². The largest absolute Gasteiger partial charge is 0.373 e. The van der Waals surface area contributed by atoms with Gasteiger partial charge in [0.05, 0.1) is 35.1 Å². The van der Waals surface area contributed by atoms with Crippen LogP contribution in [0.3, 0.4) is 0 Å². The van der Waals surface area contributed by atoms with E-state index in [0.29, 0.717) is 26.9 Å². The molecule has 0 saturated carbocycles. The first-order valence-electron chi connectivity index (χ1n) is 8.64. The molecule has 9 heteroatoms. The van der Waals surface area contributed by atoms with Gasteiger partial charge in [0.25, 0.3) is 0 Å². The molecule has 4 atom stereocenters. The molecule has 140 valence electrons. The highest BCUT2D eigenvalue weighted by Gasteiger charge is 2.63. The maximum absolute atomic E-state index is 12.9. The van der Waals surface area contributed by atoms with Crippen molar-refractivity contribution in [3.63, 3.8) is 0 Å². The number of fused-ring (bicyclic) bond motifs is 5. The number of rotatable bonds is 3. The summed E-state index contributed by atoms with van der Waals surface area (Å²) in [5.74, 6) is -0.859. The highest BCUT2D eigenvalue weighted by atomic mass is 79.9. The van der Waals surface area contributed by atoms with Gasteiger partial charge in [-0.3, -0.25) is 14.3 Å². The number of hydrogen-bond donors (Lipinski definition) is 0. The summed E-state index contributed by atoms with van der Waals surface area (Å²) in [7, 11) is 0. The molecule has 3 aliphatic heterocycles. The lowest BCUT2D eigenvalue weighted by Gasteiger charge is -2.15. The summed E-state index contributed by atoms with van der Waals surface area (Å²) in [6.45, 7) is 0.395. The van der Waals surface area contributed by atoms with Crippen molar-refractivity contribution in [1.82, 2.24) is 9.78 Å². The van der Waals surface area contributed by atoms with E-state index in [4.69, 9.17) is 27.9 Å². The fourth-order valence-corrected chi connectivity index (χ4v) is 5.33. The molecule has 1 aromatic carbocycles. The zero-order chi connectivity index (χ0) is 18.9. The fraction of sp³-hybridized carbons (Fsp3) is 0.389. The van der Waals surface area contributed by atoms with Crippen LogP contribution in [0.2, 0.25) is 10.0 Å². The molecule has 0 radical (unpaired) electrons. The molecule has 3 fully saturated rings. The van der Waals surface area contributed by atoms with E-state index in [1.807, 2.05) is 6.07 Å². The Morgan fingerprint density at radius 2 is 1.81 bits per heavy atom.